The number of benzene rings is 1. The summed E-state index contributed by atoms with van der Waals surface area (Å²) in [5.74, 6) is -0.914. The summed E-state index contributed by atoms with van der Waals surface area (Å²) in [6.07, 6.45) is 0. The third kappa shape index (κ3) is 3.89. The Hall–Kier alpha value is -1.27. The molecule has 5 nitrogen and oxygen atoms in total. The van der Waals surface area contributed by atoms with Crippen LogP contribution >= 0.6 is 11.6 Å². The normalized spacial score (nSPS) is 11.2. The van der Waals surface area contributed by atoms with Gasteiger partial charge in [-0.1, -0.05) is 24.6 Å². The van der Waals surface area contributed by atoms with E-state index in [9.17, 15) is 13.2 Å². The molecule has 0 radical (unpaired) electrons. The monoisotopic (exact) mass is 291 g/mol. The lowest BCUT2D eigenvalue weighted by atomic mass is 10.2. The fourth-order valence-electron chi connectivity index (χ4n) is 1.23. The van der Waals surface area contributed by atoms with Crippen LogP contribution in [0.5, 0.6) is 0 Å². The van der Waals surface area contributed by atoms with Gasteiger partial charge in [-0.15, -0.1) is 0 Å². The van der Waals surface area contributed by atoms with Gasteiger partial charge in [0, 0.05) is 11.4 Å². The Morgan fingerprint density at radius 1 is 1.44 bits per heavy atom. The number of sulfone groups is 1. The van der Waals surface area contributed by atoms with E-state index in [4.69, 9.17) is 22.1 Å². The van der Waals surface area contributed by atoms with Crippen molar-refractivity contribution in [2.75, 3.05) is 23.8 Å². The van der Waals surface area contributed by atoms with Gasteiger partial charge in [-0.3, -0.25) is 0 Å². The van der Waals surface area contributed by atoms with E-state index in [1.54, 1.807) is 6.07 Å². The highest BCUT2D eigenvalue weighted by Gasteiger charge is 2.16. The highest BCUT2D eigenvalue weighted by molar-refractivity contribution is 7.91. The molecule has 0 unspecified atom stereocenters. The molecule has 0 aliphatic heterocycles. The van der Waals surface area contributed by atoms with E-state index < -0.39 is 15.8 Å². The molecule has 0 fully saturated rings. The van der Waals surface area contributed by atoms with Gasteiger partial charge in [0.2, 0.25) is 0 Å². The van der Waals surface area contributed by atoms with Gasteiger partial charge in [0.1, 0.15) is 12.2 Å². The Morgan fingerprint density at radius 2 is 2.11 bits per heavy atom. The third-order valence-corrected chi connectivity index (χ3v) is 4.30. The summed E-state index contributed by atoms with van der Waals surface area (Å²) >= 11 is 5.82. The van der Waals surface area contributed by atoms with Crippen LogP contribution in [0, 0.1) is 0 Å². The van der Waals surface area contributed by atoms with Gasteiger partial charge in [-0.05, 0) is 12.1 Å². The molecule has 0 aliphatic rings. The minimum Gasteiger partial charge on any atom is -0.461 e. The number of rotatable bonds is 5. The Labute approximate surface area is 111 Å². The van der Waals surface area contributed by atoms with Crippen molar-refractivity contribution in [3.05, 3.63) is 28.8 Å². The number of carbonyl (C=O) groups is 1. The zero-order chi connectivity index (χ0) is 13.8. The van der Waals surface area contributed by atoms with Crippen molar-refractivity contribution in [1.29, 1.82) is 0 Å². The number of hydrogen-bond donors (Lipinski definition) is 1. The fourth-order valence-corrected chi connectivity index (χ4v) is 2.12. The van der Waals surface area contributed by atoms with E-state index in [1.807, 2.05) is 0 Å². The molecular formula is C11H14ClNO4S. The minimum absolute atomic E-state index is 0.0127. The molecule has 1 rings (SSSR count). The molecule has 100 valence electrons. The molecule has 0 bridgehead atoms. The lowest BCUT2D eigenvalue weighted by molar-refractivity contribution is 0.0530. The molecule has 18 heavy (non-hydrogen) atoms. The topological polar surface area (TPSA) is 86.5 Å². The predicted octanol–water partition coefficient (Wildman–Crippen LogP) is 1.51. The van der Waals surface area contributed by atoms with Gasteiger partial charge in [-0.2, -0.15) is 0 Å². The molecule has 0 aliphatic carbocycles. The maximum atomic E-state index is 11.7. The van der Waals surface area contributed by atoms with Crippen LogP contribution in [0.2, 0.25) is 5.02 Å². The highest BCUT2D eigenvalue weighted by atomic mass is 35.5. The maximum Gasteiger partial charge on any atom is 0.341 e. The number of ether oxygens (including phenoxy) is 1. The number of nitrogens with two attached hydrogens (primary N) is 1. The first-order valence-electron chi connectivity index (χ1n) is 5.29. The average Bonchev–Trinajstić information content (AvgIpc) is 2.28. The molecule has 1 aromatic rings. The van der Waals surface area contributed by atoms with Crippen molar-refractivity contribution in [3.8, 4) is 0 Å². The van der Waals surface area contributed by atoms with Crippen LogP contribution in [-0.2, 0) is 14.6 Å². The van der Waals surface area contributed by atoms with E-state index in [1.165, 1.54) is 19.1 Å². The van der Waals surface area contributed by atoms with E-state index in [0.29, 0.717) is 0 Å². The number of halogens is 1. The van der Waals surface area contributed by atoms with Crippen molar-refractivity contribution in [2.24, 2.45) is 0 Å². The predicted molar refractivity (Wildman–Crippen MR) is 70.5 cm³/mol. The number of esters is 1. The molecule has 0 saturated heterocycles. The molecule has 0 aromatic heterocycles. The smallest absolute Gasteiger partial charge is 0.341 e. The average molecular weight is 292 g/mol. The molecule has 7 heteroatoms. The van der Waals surface area contributed by atoms with Crippen LogP contribution in [0.3, 0.4) is 0 Å². The lowest BCUT2D eigenvalue weighted by Gasteiger charge is -2.08. The standard InChI is InChI=1S/C11H14ClNO4S/c1-2-18(15,16)7-6-17-11(14)10-8(12)4-3-5-9(10)13/h3-5H,2,6-7,13H2,1H3. The largest absolute Gasteiger partial charge is 0.461 e. The second kappa shape index (κ2) is 6.06. The molecule has 0 spiro atoms. The summed E-state index contributed by atoms with van der Waals surface area (Å²) in [6.45, 7) is 1.32. The Kier molecular flexibility index (Phi) is 4.98. The maximum absolute atomic E-state index is 11.7. The van der Waals surface area contributed by atoms with Crippen molar-refractivity contribution >= 4 is 33.1 Å². The van der Waals surface area contributed by atoms with Crippen molar-refractivity contribution in [2.45, 2.75) is 6.92 Å². The molecular weight excluding hydrogens is 278 g/mol. The number of anilines is 1. The van der Waals surface area contributed by atoms with Gasteiger partial charge >= 0.3 is 5.97 Å². The summed E-state index contributed by atoms with van der Waals surface area (Å²) in [4.78, 5) is 11.7. The van der Waals surface area contributed by atoms with Crippen molar-refractivity contribution in [3.63, 3.8) is 0 Å². The van der Waals surface area contributed by atoms with Crippen LogP contribution < -0.4 is 5.73 Å². The van der Waals surface area contributed by atoms with Gasteiger partial charge in [0.05, 0.1) is 10.8 Å². The van der Waals surface area contributed by atoms with E-state index in [-0.39, 0.29) is 34.4 Å². The van der Waals surface area contributed by atoms with Crippen LogP contribution in [-0.4, -0.2) is 32.5 Å². The summed E-state index contributed by atoms with van der Waals surface area (Å²) in [5.41, 5.74) is 5.87. The first-order valence-corrected chi connectivity index (χ1v) is 7.49. The second-order valence-electron chi connectivity index (χ2n) is 3.58. The van der Waals surface area contributed by atoms with Crippen LogP contribution in [0.25, 0.3) is 0 Å². The van der Waals surface area contributed by atoms with Gasteiger partial charge < -0.3 is 10.5 Å². The summed E-state index contributed by atoms with van der Waals surface area (Å²) < 4.78 is 27.3. The number of carbonyl (C=O) groups excluding carboxylic acids is 1. The fraction of sp³-hybridized carbons (Fsp3) is 0.364. The van der Waals surface area contributed by atoms with Gasteiger partial charge in [-0.25, -0.2) is 13.2 Å². The summed E-state index contributed by atoms with van der Waals surface area (Å²) in [5, 5.41) is 0.179. The first kappa shape index (κ1) is 14.8. The Balaban J connectivity index is 2.67. The third-order valence-electron chi connectivity index (χ3n) is 2.32. The second-order valence-corrected chi connectivity index (χ2v) is 6.46. The molecule has 1 aromatic carbocycles. The lowest BCUT2D eigenvalue weighted by Crippen LogP contribution is -2.17. The Morgan fingerprint density at radius 3 is 2.67 bits per heavy atom. The van der Waals surface area contributed by atoms with Gasteiger partial charge in [0.15, 0.2) is 9.84 Å². The van der Waals surface area contributed by atoms with Crippen molar-refractivity contribution in [1.82, 2.24) is 0 Å². The zero-order valence-corrected chi connectivity index (χ0v) is 11.4. The molecule has 2 N–H and O–H groups in total. The summed E-state index contributed by atoms with van der Waals surface area (Å²) in [7, 11) is -3.16. The van der Waals surface area contributed by atoms with Crippen molar-refractivity contribution < 1.29 is 17.9 Å². The summed E-state index contributed by atoms with van der Waals surface area (Å²) in [6, 6.07) is 4.64. The molecule has 0 amide bonds. The first-order chi connectivity index (χ1) is 8.37. The quantitative estimate of drug-likeness (QED) is 0.656. The van der Waals surface area contributed by atoms with Crippen LogP contribution in [0.1, 0.15) is 17.3 Å². The van der Waals surface area contributed by atoms with Crippen LogP contribution in [0.15, 0.2) is 18.2 Å². The van der Waals surface area contributed by atoms with E-state index in [2.05, 4.69) is 0 Å². The number of hydrogen-bond acceptors (Lipinski definition) is 5. The molecule has 0 saturated carbocycles. The molecule has 0 atom stereocenters. The van der Waals surface area contributed by atoms with E-state index in [0.717, 1.165) is 0 Å². The van der Waals surface area contributed by atoms with E-state index >= 15 is 0 Å². The molecule has 0 heterocycles. The number of nitrogen functional groups attached to an aromatic ring is 1. The SMILES string of the molecule is CCS(=O)(=O)CCOC(=O)c1c(N)cccc1Cl. The minimum atomic E-state index is -3.16. The zero-order valence-electron chi connectivity index (χ0n) is 9.85. The van der Waals surface area contributed by atoms with Crippen LogP contribution in [0.4, 0.5) is 5.69 Å². The Bertz CT molecular complexity index is 522. The highest BCUT2D eigenvalue weighted by Crippen LogP contribution is 2.22. The van der Waals surface area contributed by atoms with Gasteiger partial charge in [0.25, 0.3) is 0 Å².